The smallest absolute Gasteiger partial charge is 0.241 e. The van der Waals surface area contributed by atoms with Crippen molar-refractivity contribution in [1.29, 1.82) is 0 Å². The number of anilines is 1. The number of hydrogen-bond donors (Lipinski definition) is 3. The summed E-state index contributed by atoms with van der Waals surface area (Å²) in [6, 6.07) is 7.51. The van der Waals surface area contributed by atoms with E-state index in [2.05, 4.69) is 15.5 Å². The van der Waals surface area contributed by atoms with Gasteiger partial charge in [0.05, 0.1) is 6.04 Å². The van der Waals surface area contributed by atoms with Crippen molar-refractivity contribution in [2.24, 2.45) is 0 Å². The highest BCUT2D eigenvalue weighted by molar-refractivity contribution is 5.94. The van der Waals surface area contributed by atoms with Crippen LogP contribution in [-0.4, -0.2) is 54.7 Å². The largest absolute Gasteiger partial charge is 0.396 e. The number of carbonyl (C=O) groups is 1. The maximum absolute atomic E-state index is 12.2. The van der Waals surface area contributed by atoms with E-state index in [0.717, 1.165) is 37.4 Å². The predicted octanol–water partition coefficient (Wildman–Crippen LogP) is 0.454. The minimum Gasteiger partial charge on any atom is -0.396 e. The molecule has 5 heteroatoms. The first-order valence-corrected chi connectivity index (χ1v) is 7.16. The molecule has 1 unspecified atom stereocenters. The first-order chi connectivity index (χ1) is 9.70. The number of nitrogens with one attached hydrogen (secondary N) is 2. The molecule has 20 heavy (non-hydrogen) atoms. The van der Waals surface area contributed by atoms with Crippen molar-refractivity contribution in [3.63, 3.8) is 0 Å². The van der Waals surface area contributed by atoms with E-state index in [1.807, 2.05) is 31.2 Å². The van der Waals surface area contributed by atoms with Crippen molar-refractivity contribution < 1.29 is 9.90 Å². The number of aliphatic hydroxyl groups is 1. The van der Waals surface area contributed by atoms with Gasteiger partial charge in [-0.2, -0.15) is 0 Å². The molecule has 1 aromatic carbocycles. The first-order valence-electron chi connectivity index (χ1n) is 7.16. The van der Waals surface area contributed by atoms with Crippen LogP contribution in [0.2, 0.25) is 0 Å². The Morgan fingerprint density at radius 2 is 2.00 bits per heavy atom. The van der Waals surface area contributed by atoms with Crippen LogP contribution < -0.4 is 10.6 Å². The second-order valence-electron chi connectivity index (χ2n) is 5.12. The first kappa shape index (κ1) is 15.0. The molecule has 0 bridgehead atoms. The van der Waals surface area contributed by atoms with Gasteiger partial charge in [-0.15, -0.1) is 0 Å². The second kappa shape index (κ2) is 7.38. The highest BCUT2D eigenvalue weighted by Crippen LogP contribution is 2.11. The van der Waals surface area contributed by atoms with E-state index >= 15 is 0 Å². The fourth-order valence-electron chi connectivity index (χ4n) is 2.37. The third-order valence-electron chi connectivity index (χ3n) is 3.70. The molecule has 0 saturated carbocycles. The Labute approximate surface area is 120 Å². The summed E-state index contributed by atoms with van der Waals surface area (Å²) in [5, 5.41) is 15.1. The Balaban J connectivity index is 1.89. The molecule has 1 aromatic rings. The van der Waals surface area contributed by atoms with E-state index < -0.39 is 0 Å². The molecule has 1 heterocycles. The van der Waals surface area contributed by atoms with Crippen LogP contribution in [0.4, 0.5) is 5.69 Å². The standard InChI is InChI=1S/C15H23N3O2/c1-12(18-9-7-16-8-10-18)15(20)17-14-4-2-13(3-5-14)6-11-19/h2-5,12,16,19H,6-11H2,1H3,(H,17,20). The Hall–Kier alpha value is -1.43. The van der Waals surface area contributed by atoms with Crippen molar-refractivity contribution in [3.05, 3.63) is 29.8 Å². The molecule has 5 nitrogen and oxygen atoms in total. The molecule has 3 N–H and O–H groups in total. The van der Waals surface area contributed by atoms with Crippen LogP contribution >= 0.6 is 0 Å². The fraction of sp³-hybridized carbons (Fsp3) is 0.533. The summed E-state index contributed by atoms with van der Waals surface area (Å²) in [5.41, 5.74) is 1.87. The van der Waals surface area contributed by atoms with Gasteiger partial charge in [-0.3, -0.25) is 9.69 Å². The average molecular weight is 277 g/mol. The Morgan fingerprint density at radius 1 is 1.35 bits per heavy atom. The van der Waals surface area contributed by atoms with Gasteiger partial charge in [-0.25, -0.2) is 0 Å². The van der Waals surface area contributed by atoms with Gasteiger partial charge < -0.3 is 15.7 Å². The zero-order chi connectivity index (χ0) is 14.4. The molecular formula is C15H23N3O2. The van der Waals surface area contributed by atoms with E-state index in [0.29, 0.717) is 6.42 Å². The molecule has 0 aliphatic carbocycles. The van der Waals surface area contributed by atoms with Crippen molar-refractivity contribution in [3.8, 4) is 0 Å². The average Bonchev–Trinajstić information content (AvgIpc) is 2.49. The minimum atomic E-state index is -0.116. The third-order valence-corrected chi connectivity index (χ3v) is 3.70. The topological polar surface area (TPSA) is 64.6 Å². The number of hydrogen-bond acceptors (Lipinski definition) is 4. The molecule has 1 amide bonds. The van der Waals surface area contributed by atoms with Gasteiger partial charge in [0.25, 0.3) is 0 Å². The van der Waals surface area contributed by atoms with Crippen molar-refractivity contribution >= 4 is 11.6 Å². The van der Waals surface area contributed by atoms with E-state index in [4.69, 9.17) is 5.11 Å². The van der Waals surface area contributed by atoms with Crippen molar-refractivity contribution in [1.82, 2.24) is 10.2 Å². The number of piperazine rings is 1. The van der Waals surface area contributed by atoms with Gasteiger partial charge in [0.2, 0.25) is 5.91 Å². The van der Waals surface area contributed by atoms with E-state index in [9.17, 15) is 4.79 Å². The van der Waals surface area contributed by atoms with Gasteiger partial charge in [-0.05, 0) is 31.0 Å². The van der Waals surface area contributed by atoms with E-state index in [1.165, 1.54) is 0 Å². The molecule has 0 radical (unpaired) electrons. The lowest BCUT2D eigenvalue weighted by Crippen LogP contribution is -2.51. The molecule has 2 rings (SSSR count). The van der Waals surface area contributed by atoms with Crippen LogP contribution in [0.25, 0.3) is 0 Å². The van der Waals surface area contributed by atoms with Crippen LogP contribution in [0, 0.1) is 0 Å². The predicted molar refractivity (Wildman–Crippen MR) is 79.8 cm³/mol. The molecule has 110 valence electrons. The molecule has 0 spiro atoms. The van der Waals surface area contributed by atoms with Crippen LogP contribution in [0.5, 0.6) is 0 Å². The van der Waals surface area contributed by atoms with Crippen molar-refractivity contribution in [2.75, 3.05) is 38.1 Å². The fourth-order valence-corrected chi connectivity index (χ4v) is 2.37. The summed E-state index contributed by atoms with van der Waals surface area (Å²) in [4.78, 5) is 14.4. The van der Waals surface area contributed by atoms with Gasteiger partial charge in [0.15, 0.2) is 0 Å². The Morgan fingerprint density at radius 3 is 2.60 bits per heavy atom. The minimum absolute atomic E-state index is 0.0295. The molecule has 1 saturated heterocycles. The molecule has 1 fully saturated rings. The zero-order valence-corrected chi connectivity index (χ0v) is 11.9. The van der Waals surface area contributed by atoms with E-state index in [1.54, 1.807) is 0 Å². The molecular weight excluding hydrogens is 254 g/mol. The number of rotatable bonds is 5. The summed E-state index contributed by atoms with van der Waals surface area (Å²) in [6.07, 6.45) is 0.644. The highest BCUT2D eigenvalue weighted by Gasteiger charge is 2.22. The molecule has 1 aliphatic heterocycles. The molecule has 1 atom stereocenters. The SMILES string of the molecule is CC(C(=O)Nc1ccc(CCO)cc1)N1CCNCC1. The van der Waals surface area contributed by atoms with Gasteiger partial charge >= 0.3 is 0 Å². The second-order valence-corrected chi connectivity index (χ2v) is 5.12. The van der Waals surface area contributed by atoms with Crippen molar-refractivity contribution in [2.45, 2.75) is 19.4 Å². The number of nitrogens with zero attached hydrogens (tertiary/aromatic N) is 1. The highest BCUT2D eigenvalue weighted by atomic mass is 16.3. The van der Waals surface area contributed by atoms with Gasteiger partial charge in [0.1, 0.15) is 0 Å². The lowest BCUT2D eigenvalue weighted by atomic mass is 10.1. The maximum Gasteiger partial charge on any atom is 0.241 e. The lowest BCUT2D eigenvalue weighted by Gasteiger charge is -2.31. The van der Waals surface area contributed by atoms with E-state index in [-0.39, 0.29) is 18.6 Å². The number of aliphatic hydroxyl groups excluding tert-OH is 1. The summed E-state index contributed by atoms with van der Waals surface area (Å²) in [7, 11) is 0. The Kier molecular flexibility index (Phi) is 5.52. The lowest BCUT2D eigenvalue weighted by molar-refractivity contribution is -0.120. The molecule has 1 aliphatic rings. The monoisotopic (exact) mass is 277 g/mol. The van der Waals surface area contributed by atoms with Crippen LogP contribution in [0.1, 0.15) is 12.5 Å². The van der Waals surface area contributed by atoms with Crippen LogP contribution in [0.3, 0.4) is 0 Å². The maximum atomic E-state index is 12.2. The normalized spacial score (nSPS) is 17.7. The number of benzene rings is 1. The zero-order valence-electron chi connectivity index (χ0n) is 11.9. The number of carbonyl (C=O) groups excluding carboxylic acids is 1. The van der Waals surface area contributed by atoms with Gasteiger partial charge in [-0.1, -0.05) is 12.1 Å². The van der Waals surface area contributed by atoms with Crippen LogP contribution in [-0.2, 0) is 11.2 Å². The summed E-state index contributed by atoms with van der Waals surface area (Å²) < 4.78 is 0. The summed E-state index contributed by atoms with van der Waals surface area (Å²) in [6.45, 7) is 5.78. The Bertz CT molecular complexity index is 427. The molecule has 0 aromatic heterocycles. The summed E-state index contributed by atoms with van der Waals surface area (Å²) >= 11 is 0. The van der Waals surface area contributed by atoms with Gasteiger partial charge in [0, 0.05) is 38.5 Å². The quantitative estimate of drug-likeness (QED) is 0.731. The summed E-state index contributed by atoms with van der Waals surface area (Å²) in [5.74, 6) is 0.0295. The number of amides is 1. The third kappa shape index (κ3) is 4.03. The van der Waals surface area contributed by atoms with Crippen LogP contribution in [0.15, 0.2) is 24.3 Å².